The molecular formula is C8H3ClFN3O2S. The molecule has 0 aliphatic heterocycles. The molecule has 0 unspecified atom stereocenters. The van der Waals surface area contributed by atoms with Crippen LogP contribution in [0.4, 0.5) is 10.1 Å². The van der Waals surface area contributed by atoms with E-state index < -0.39 is 10.7 Å². The Hall–Kier alpha value is -1.60. The molecule has 0 saturated carbocycles. The SMILES string of the molecule is O=[N+]([O-])c1cc(F)ccc1-c1nnc(Cl)s1. The van der Waals surface area contributed by atoms with Crippen LogP contribution in [0.5, 0.6) is 0 Å². The van der Waals surface area contributed by atoms with Gasteiger partial charge in [0.15, 0.2) is 5.01 Å². The van der Waals surface area contributed by atoms with Crippen LogP contribution in [0.1, 0.15) is 0 Å². The van der Waals surface area contributed by atoms with E-state index in [-0.39, 0.29) is 20.7 Å². The van der Waals surface area contributed by atoms with Gasteiger partial charge in [0.25, 0.3) is 5.69 Å². The van der Waals surface area contributed by atoms with Crippen LogP contribution < -0.4 is 0 Å². The van der Waals surface area contributed by atoms with E-state index >= 15 is 0 Å². The molecule has 0 amide bonds. The molecule has 0 saturated heterocycles. The van der Waals surface area contributed by atoms with Crippen LogP contribution >= 0.6 is 22.9 Å². The van der Waals surface area contributed by atoms with Gasteiger partial charge in [-0.3, -0.25) is 10.1 Å². The van der Waals surface area contributed by atoms with Gasteiger partial charge in [0.2, 0.25) is 4.47 Å². The van der Waals surface area contributed by atoms with Crippen molar-refractivity contribution in [2.24, 2.45) is 0 Å². The molecule has 8 heteroatoms. The van der Waals surface area contributed by atoms with Crippen molar-refractivity contribution < 1.29 is 9.31 Å². The fourth-order valence-electron chi connectivity index (χ4n) is 1.15. The molecule has 5 nitrogen and oxygen atoms in total. The van der Waals surface area contributed by atoms with Crippen molar-refractivity contribution in [3.8, 4) is 10.6 Å². The minimum Gasteiger partial charge on any atom is -0.258 e. The minimum atomic E-state index is -0.675. The number of hydrogen-bond donors (Lipinski definition) is 0. The monoisotopic (exact) mass is 259 g/mol. The van der Waals surface area contributed by atoms with Crippen LogP contribution in [0.25, 0.3) is 10.6 Å². The molecule has 0 spiro atoms. The Balaban J connectivity index is 2.60. The summed E-state index contributed by atoms with van der Waals surface area (Å²) in [5.74, 6) is -0.675. The van der Waals surface area contributed by atoms with E-state index in [9.17, 15) is 14.5 Å². The summed E-state index contributed by atoms with van der Waals surface area (Å²) in [5, 5.41) is 18.2. The van der Waals surface area contributed by atoms with Gasteiger partial charge in [-0.15, -0.1) is 10.2 Å². The van der Waals surface area contributed by atoms with Gasteiger partial charge in [-0.1, -0.05) is 11.3 Å². The highest BCUT2D eigenvalue weighted by atomic mass is 35.5. The molecule has 0 aliphatic rings. The highest BCUT2D eigenvalue weighted by Gasteiger charge is 2.19. The molecule has 1 aromatic heterocycles. The Kier molecular flexibility index (Phi) is 2.80. The zero-order valence-corrected chi connectivity index (χ0v) is 9.13. The van der Waals surface area contributed by atoms with Crippen LogP contribution in [0.2, 0.25) is 4.47 Å². The first kappa shape index (κ1) is 10.9. The highest BCUT2D eigenvalue weighted by Crippen LogP contribution is 2.33. The largest absolute Gasteiger partial charge is 0.282 e. The van der Waals surface area contributed by atoms with Crippen LogP contribution in [0, 0.1) is 15.9 Å². The summed E-state index contributed by atoms with van der Waals surface area (Å²) < 4.78 is 13.0. The number of rotatable bonds is 2. The summed E-state index contributed by atoms with van der Waals surface area (Å²) in [6, 6.07) is 3.24. The van der Waals surface area contributed by atoms with Gasteiger partial charge in [0.05, 0.1) is 16.6 Å². The maximum Gasteiger partial charge on any atom is 0.282 e. The predicted molar refractivity (Wildman–Crippen MR) is 57.0 cm³/mol. The van der Waals surface area contributed by atoms with E-state index in [2.05, 4.69) is 10.2 Å². The van der Waals surface area contributed by atoms with Crippen LogP contribution in [-0.4, -0.2) is 15.1 Å². The summed E-state index contributed by atoms with van der Waals surface area (Å²) in [4.78, 5) is 10.0. The molecular weight excluding hydrogens is 257 g/mol. The molecule has 0 atom stereocenters. The Bertz CT molecular complexity index is 560. The van der Waals surface area contributed by atoms with Crippen molar-refractivity contribution in [1.29, 1.82) is 0 Å². The van der Waals surface area contributed by atoms with Gasteiger partial charge in [-0.05, 0) is 23.7 Å². The normalized spacial score (nSPS) is 10.4. The van der Waals surface area contributed by atoms with E-state index in [1.54, 1.807) is 0 Å². The number of nitro benzene ring substituents is 1. The maximum atomic E-state index is 12.9. The van der Waals surface area contributed by atoms with Crippen LogP contribution in [-0.2, 0) is 0 Å². The van der Waals surface area contributed by atoms with Crippen molar-refractivity contribution in [2.75, 3.05) is 0 Å². The minimum absolute atomic E-state index is 0.175. The second-order valence-electron chi connectivity index (χ2n) is 2.78. The smallest absolute Gasteiger partial charge is 0.258 e. The third kappa shape index (κ3) is 2.00. The average Bonchev–Trinajstić information content (AvgIpc) is 2.64. The summed E-state index contributed by atoms with van der Waals surface area (Å²) >= 11 is 6.57. The number of halogens is 2. The maximum absolute atomic E-state index is 12.9. The van der Waals surface area contributed by atoms with Gasteiger partial charge in [-0.25, -0.2) is 4.39 Å². The lowest BCUT2D eigenvalue weighted by atomic mass is 10.2. The summed E-state index contributed by atoms with van der Waals surface area (Å²) in [5.41, 5.74) is -0.149. The Morgan fingerprint density at radius 2 is 2.19 bits per heavy atom. The topological polar surface area (TPSA) is 68.9 Å². The number of nitro groups is 1. The molecule has 2 aromatic rings. The molecule has 1 aromatic carbocycles. The van der Waals surface area contributed by atoms with Gasteiger partial charge < -0.3 is 0 Å². The lowest BCUT2D eigenvalue weighted by Crippen LogP contribution is -1.92. The predicted octanol–water partition coefficient (Wildman–Crippen LogP) is 2.91. The van der Waals surface area contributed by atoms with Crippen molar-refractivity contribution in [3.05, 3.63) is 38.6 Å². The lowest BCUT2D eigenvalue weighted by Gasteiger charge is -1.98. The lowest BCUT2D eigenvalue weighted by molar-refractivity contribution is -0.384. The van der Waals surface area contributed by atoms with Crippen molar-refractivity contribution in [1.82, 2.24) is 10.2 Å². The molecule has 0 fully saturated rings. The van der Waals surface area contributed by atoms with E-state index in [1.165, 1.54) is 6.07 Å². The average molecular weight is 260 g/mol. The molecule has 0 N–H and O–H groups in total. The molecule has 0 bridgehead atoms. The first-order valence-corrected chi connectivity index (χ1v) is 5.20. The summed E-state index contributed by atoms with van der Waals surface area (Å²) in [6.07, 6.45) is 0. The number of nitrogens with zero attached hydrogens (tertiary/aromatic N) is 3. The molecule has 0 aliphatic carbocycles. The second-order valence-corrected chi connectivity index (χ2v) is 4.34. The number of benzene rings is 1. The fraction of sp³-hybridized carbons (Fsp3) is 0. The third-order valence-electron chi connectivity index (χ3n) is 1.79. The summed E-state index contributed by atoms with van der Waals surface area (Å²) in [7, 11) is 0. The number of hydrogen-bond acceptors (Lipinski definition) is 5. The van der Waals surface area contributed by atoms with Crippen molar-refractivity contribution in [3.63, 3.8) is 0 Å². The number of aromatic nitrogens is 2. The molecule has 1 heterocycles. The van der Waals surface area contributed by atoms with E-state index in [1.807, 2.05) is 0 Å². The zero-order valence-electron chi connectivity index (χ0n) is 7.55. The second kappa shape index (κ2) is 4.11. The van der Waals surface area contributed by atoms with E-state index in [4.69, 9.17) is 11.6 Å². The third-order valence-corrected chi connectivity index (χ3v) is 2.84. The Morgan fingerprint density at radius 1 is 1.44 bits per heavy atom. The molecule has 16 heavy (non-hydrogen) atoms. The van der Waals surface area contributed by atoms with Gasteiger partial charge >= 0.3 is 0 Å². The van der Waals surface area contributed by atoms with E-state index in [0.29, 0.717) is 0 Å². The first-order valence-electron chi connectivity index (χ1n) is 4.01. The van der Waals surface area contributed by atoms with Gasteiger partial charge in [0, 0.05) is 0 Å². The zero-order chi connectivity index (χ0) is 11.7. The Labute approximate surface area is 97.7 Å². The molecule has 0 radical (unpaired) electrons. The molecule has 82 valence electrons. The van der Waals surface area contributed by atoms with Crippen LogP contribution in [0.3, 0.4) is 0 Å². The Morgan fingerprint density at radius 3 is 2.75 bits per heavy atom. The van der Waals surface area contributed by atoms with Crippen molar-refractivity contribution >= 4 is 28.6 Å². The van der Waals surface area contributed by atoms with Gasteiger partial charge in [-0.2, -0.15) is 0 Å². The van der Waals surface area contributed by atoms with Gasteiger partial charge in [0.1, 0.15) is 5.82 Å². The fourth-order valence-corrected chi connectivity index (χ4v) is 2.01. The summed E-state index contributed by atoms with van der Waals surface area (Å²) in [6.45, 7) is 0. The van der Waals surface area contributed by atoms with Crippen LogP contribution in [0.15, 0.2) is 18.2 Å². The highest BCUT2D eigenvalue weighted by molar-refractivity contribution is 7.18. The van der Waals surface area contributed by atoms with E-state index in [0.717, 1.165) is 23.5 Å². The molecule has 2 rings (SSSR count). The van der Waals surface area contributed by atoms with Crippen molar-refractivity contribution in [2.45, 2.75) is 0 Å². The first-order chi connectivity index (χ1) is 7.58. The standard InChI is InChI=1S/C8H3ClFN3O2S/c9-8-12-11-7(16-8)5-2-1-4(10)3-6(5)13(14)15/h1-3H. The quantitative estimate of drug-likeness (QED) is 0.614.